The van der Waals surface area contributed by atoms with E-state index in [1.165, 1.54) is 0 Å². The molecule has 3 aromatic carbocycles. The molecule has 3 heterocycles. The number of aliphatic hydroxyl groups is 4. The van der Waals surface area contributed by atoms with Crippen molar-refractivity contribution in [1.82, 2.24) is 9.88 Å². The van der Waals surface area contributed by atoms with Gasteiger partial charge >= 0.3 is 0 Å². The van der Waals surface area contributed by atoms with Gasteiger partial charge in [-0.1, -0.05) is 24.3 Å². The summed E-state index contributed by atoms with van der Waals surface area (Å²) < 4.78 is 17.6. The summed E-state index contributed by atoms with van der Waals surface area (Å²) in [6.07, 6.45) is -7.20. The highest BCUT2D eigenvalue weighted by molar-refractivity contribution is 6.19. The van der Waals surface area contributed by atoms with Crippen molar-refractivity contribution in [3.8, 4) is 11.5 Å². The summed E-state index contributed by atoms with van der Waals surface area (Å²) >= 11 is 6.45. The predicted molar refractivity (Wildman–Crippen MR) is 166 cm³/mol. The molecule has 2 aliphatic heterocycles. The van der Waals surface area contributed by atoms with Crippen LogP contribution in [-0.4, -0.2) is 113 Å². The third-order valence-corrected chi connectivity index (χ3v) is 8.65. The molecule has 1 fully saturated rings. The van der Waals surface area contributed by atoms with Gasteiger partial charge in [0, 0.05) is 47.2 Å². The van der Waals surface area contributed by atoms with Crippen LogP contribution in [0.5, 0.6) is 11.5 Å². The van der Waals surface area contributed by atoms with Crippen molar-refractivity contribution in [2.45, 2.75) is 36.6 Å². The molecule has 0 unspecified atom stereocenters. The van der Waals surface area contributed by atoms with E-state index in [0.29, 0.717) is 41.4 Å². The van der Waals surface area contributed by atoms with Crippen molar-refractivity contribution in [3.63, 3.8) is 0 Å². The molecular weight excluding hydrogens is 590 g/mol. The molecule has 2 aliphatic rings. The maximum absolute atomic E-state index is 14.0. The van der Waals surface area contributed by atoms with Gasteiger partial charge in [-0.05, 0) is 49.3 Å². The average molecular weight is 626 g/mol. The Bertz CT molecular complexity index is 1660. The molecule has 11 nitrogen and oxygen atoms in total. The minimum absolute atomic E-state index is 0.150. The maximum atomic E-state index is 14.0. The van der Waals surface area contributed by atoms with Crippen molar-refractivity contribution in [1.29, 1.82) is 0 Å². The van der Waals surface area contributed by atoms with Crippen molar-refractivity contribution in [2.75, 3.05) is 51.2 Å². The van der Waals surface area contributed by atoms with Crippen LogP contribution < -0.4 is 14.4 Å². The standard InChI is InChI=1S/C32H36ClN3O8/c1-35(2)9-10-42-19-7-8-22-17(11-19)12-23(34-22)31(41)36-15-18(14-33)27-21-6-4-3-5-20(21)25(13-24(27)36)43-32-30(40)29(39)28(38)26(16-37)44-32/h3-8,11-13,18,26,28-30,32,34,37-40H,9-10,14-16H2,1-2H3/t18-,26-,28-,29+,30+,32+/m1/s1. The highest BCUT2D eigenvalue weighted by Gasteiger charge is 2.45. The summed E-state index contributed by atoms with van der Waals surface area (Å²) in [6.45, 7) is 1.09. The summed E-state index contributed by atoms with van der Waals surface area (Å²) in [7, 11) is 3.96. The second-order valence-corrected chi connectivity index (χ2v) is 11.8. The first-order valence-electron chi connectivity index (χ1n) is 14.5. The molecule has 6 atom stereocenters. The molecule has 4 aromatic rings. The van der Waals surface area contributed by atoms with E-state index in [-0.39, 0.29) is 17.7 Å². The fourth-order valence-corrected chi connectivity index (χ4v) is 6.18. The molecule has 234 valence electrons. The summed E-state index contributed by atoms with van der Waals surface area (Å²) in [6, 6.07) is 16.7. The number of nitrogens with zero attached hydrogens (tertiary/aromatic N) is 2. The number of aromatic amines is 1. The minimum atomic E-state index is -1.59. The van der Waals surface area contributed by atoms with Gasteiger partial charge in [0.05, 0.1) is 12.3 Å². The Labute approximate surface area is 259 Å². The number of rotatable bonds is 9. The van der Waals surface area contributed by atoms with Crippen molar-refractivity contribution < 1.29 is 39.4 Å². The average Bonchev–Trinajstić information content (AvgIpc) is 3.62. The summed E-state index contributed by atoms with van der Waals surface area (Å²) in [4.78, 5) is 21.0. The molecular formula is C32H36ClN3O8. The largest absolute Gasteiger partial charge is 0.492 e. The number of alkyl halides is 1. The third-order valence-electron chi connectivity index (χ3n) is 8.28. The number of aromatic nitrogens is 1. The zero-order valence-electron chi connectivity index (χ0n) is 24.4. The lowest BCUT2D eigenvalue weighted by Gasteiger charge is -2.39. The van der Waals surface area contributed by atoms with E-state index in [2.05, 4.69) is 4.98 Å². The van der Waals surface area contributed by atoms with Crippen LogP contribution >= 0.6 is 11.6 Å². The van der Waals surface area contributed by atoms with Crippen molar-refractivity contribution in [2.24, 2.45) is 0 Å². The van der Waals surface area contributed by atoms with E-state index in [4.69, 9.17) is 25.8 Å². The summed E-state index contributed by atoms with van der Waals surface area (Å²) in [5.41, 5.74) is 2.70. The van der Waals surface area contributed by atoms with Crippen LogP contribution in [0.25, 0.3) is 21.7 Å². The zero-order valence-corrected chi connectivity index (χ0v) is 25.1. The number of benzene rings is 3. The number of aliphatic hydroxyl groups excluding tert-OH is 4. The number of amides is 1. The number of anilines is 1. The Hall–Kier alpha value is -3.42. The van der Waals surface area contributed by atoms with Gasteiger partial charge in [-0.3, -0.25) is 4.79 Å². The van der Waals surface area contributed by atoms with E-state index in [9.17, 15) is 25.2 Å². The fraction of sp³-hybridized carbons (Fsp3) is 0.406. The van der Waals surface area contributed by atoms with E-state index < -0.39 is 37.3 Å². The number of fused-ring (bicyclic) bond motifs is 4. The summed E-state index contributed by atoms with van der Waals surface area (Å²) in [5, 5.41) is 43.1. The van der Waals surface area contributed by atoms with Crippen LogP contribution in [0, 0.1) is 0 Å². The molecule has 0 spiro atoms. The number of nitrogens with one attached hydrogen (secondary N) is 1. The Morgan fingerprint density at radius 1 is 1.07 bits per heavy atom. The summed E-state index contributed by atoms with van der Waals surface area (Å²) in [5.74, 6) is 0.899. The number of hydrogen-bond donors (Lipinski definition) is 5. The third kappa shape index (κ3) is 5.61. The van der Waals surface area contributed by atoms with Crippen LogP contribution in [0.2, 0.25) is 0 Å². The second kappa shape index (κ2) is 12.5. The molecule has 44 heavy (non-hydrogen) atoms. The van der Waals surface area contributed by atoms with Gasteiger partial charge in [0.15, 0.2) is 0 Å². The smallest absolute Gasteiger partial charge is 0.274 e. The number of carbonyl (C=O) groups excluding carboxylic acids is 1. The maximum Gasteiger partial charge on any atom is 0.274 e. The highest BCUT2D eigenvalue weighted by Crippen LogP contribution is 2.46. The Balaban J connectivity index is 1.34. The predicted octanol–water partition coefficient (Wildman–Crippen LogP) is 2.42. The van der Waals surface area contributed by atoms with Crippen LogP contribution in [-0.2, 0) is 4.74 Å². The second-order valence-electron chi connectivity index (χ2n) is 11.5. The lowest BCUT2D eigenvalue weighted by atomic mass is 9.95. The molecule has 0 saturated carbocycles. The molecule has 1 saturated heterocycles. The van der Waals surface area contributed by atoms with Gasteiger partial charge in [-0.25, -0.2) is 0 Å². The van der Waals surface area contributed by atoms with Crippen LogP contribution in [0.15, 0.2) is 54.6 Å². The lowest BCUT2D eigenvalue weighted by Crippen LogP contribution is -2.60. The van der Waals surface area contributed by atoms with Crippen molar-refractivity contribution in [3.05, 3.63) is 65.9 Å². The topological polar surface area (TPSA) is 148 Å². The molecule has 0 aliphatic carbocycles. The number of likely N-dealkylation sites (N-methyl/N-ethyl adjacent to an activating group) is 1. The van der Waals surface area contributed by atoms with Gasteiger partial charge in [-0.15, -0.1) is 11.6 Å². The Kier molecular flexibility index (Phi) is 8.71. The number of H-pyrrole nitrogens is 1. The van der Waals surface area contributed by atoms with Gasteiger partial charge in [0.2, 0.25) is 6.29 Å². The lowest BCUT2D eigenvalue weighted by molar-refractivity contribution is -0.277. The quantitative estimate of drug-likeness (QED) is 0.177. The highest BCUT2D eigenvalue weighted by atomic mass is 35.5. The number of carbonyl (C=O) groups is 1. The van der Waals surface area contributed by atoms with Gasteiger partial charge in [0.25, 0.3) is 5.91 Å². The Morgan fingerprint density at radius 2 is 1.84 bits per heavy atom. The monoisotopic (exact) mass is 625 g/mol. The molecule has 12 heteroatoms. The molecule has 6 rings (SSSR count). The van der Waals surface area contributed by atoms with Gasteiger partial charge < -0.3 is 49.4 Å². The molecule has 5 N–H and O–H groups in total. The van der Waals surface area contributed by atoms with Gasteiger partial charge in [-0.2, -0.15) is 0 Å². The normalized spacial score (nSPS) is 25.1. The molecule has 0 bridgehead atoms. The van der Waals surface area contributed by atoms with E-state index in [0.717, 1.165) is 28.4 Å². The Morgan fingerprint density at radius 3 is 2.57 bits per heavy atom. The first kappa shape index (κ1) is 30.6. The van der Waals surface area contributed by atoms with Crippen molar-refractivity contribution >= 4 is 44.9 Å². The van der Waals surface area contributed by atoms with Gasteiger partial charge in [0.1, 0.15) is 48.2 Å². The first-order valence-corrected chi connectivity index (χ1v) is 15.0. The van der Waals surface area contributed by atoms with Crippen LogP contribution in [0.1, 0.15) is 22.0 Å². The minimum Gasteiger partial charge on any atom is -0.492 e. The molecule has 1 aromatic heterocycles. The number of ether oxygens (including phenoxy) is 3. The van der Waals surface area contributed by atoms with Crippen LogP contribution in [0.3, 0.4) is 0 Å². The zero-order chi connectivity index (χ0) is 31.1. The van der Waals surface area contributed by atoms with E-state index in [1.807, 2.05) is 61.5 Å². The number of halogens is 1. The van der Waals surface area contributed by atoms with Crippen LogP contribution in [0.4, 0.5) is 5.69 Å². The van der Waals surface area contributed by atoms with E-state index >= 15 is 0 Å². The van der Waals surface area contributed by atoms with E-state index in [1.54, 1.807) is 17.0 Å². The molecule has 0 radical (unpaired) electrons. The number of hydrogen-bond acceptors (Lipinski definition) is 9. The fourth-order valence-electron chi connectivity index (χ4n) is 5.93. The first-order chi connectivity index (χ1) is 21.2. The molecule has 1 amide bonds. The SMILES string of the molecule is CN(C)CCOc1ccc2[nH]c(C(=O)N3C[C@@H](CCl)c4c3cc(O[C@H]3O[C@H](CO)[C@@H](O)[C@H](O)[C@@H]3O)c3ccccc43)cc2c1.